The van der Waals surface area contributed by atoms with Crippen molar-refractivity contribution in [2.45, 2.75) is 26.7 Å². The molecule has 0 amide bonds. The predicted molar refractivity (Wildman–Crippen MR) is 67.9 cm³/mol. The Bertz CT molecular complexity index is 581. The Balaban J connectivity index is 2.83. The highest BCUT2D eigenvalue weighted by Gasteiger charge is 2.05. The summed E-state index contributed by atoms with van der Waals surface area (Å²) >= 11 is 0. The summed E-state index contributed by atoms with van der Waals surface area (Å²) in [6, 6.07) is 6.21. The van der Waals surface area contributed by atoms with E-state index in [1.54, 1.807) is 11.6 Å². The molecule has 0 N–H and O–H groups in total. The summed E-state index contributed by atoms with van der Waals surface area (Å²) in [6.45, 7) is 4.21. The molecule has 2 rings (SSSR count). The molecule has 0 bridgehead atoms. The zero-order valence-electron chi connectivity index (χ0n) is 10.1. The molecule has 0 aliphatic carbocycles. The van der Waals surface area contributed by atoms with E-state index in [0.29, 0.717) is 0 Å². The maximum Gasteiger partial charge on any atom is 0.258 e. The van der Waals surface area contributed by atoms with Crippen LogP contribution in [0, 0.1) is 6.92 Å². The van der Waals surface area contributed by atoms with Crippen LogP contribution < -0.4 is 5.56 Å². The fourth-order valence-corrected chi connectivity index (χ4v) is 2.17. The third-order valence-electron chi connectivity index (χ3n) is 2.94. The number of aryl methyl sites for hydroxylation is 3. The van der Waals surface area contributed by atoms with Gasteiger partial charge < -0.3 is 4.57 Å². The lowest BCUT2D eigenvalue weighted by Gasteiger charge is -2.08. The Labute approximate surface area is 95.5 Å². The van der Waals surface area contributed by atoms with Crippen molar-refractivity contribution in [2.24, 2.45) is 7.05 Å². The highest BCUT2D eigenvalue weighted by Crippen LogP contribution is 2.19. The molecule has 2 heteroatoms. The summed E-state index contributed by atoms with van der Waals surface area (Å²) in [7, 11) is 1.80. The van der Waals surface area contributed by atoms with Gasteiger partial charge in [-0.2, -0.15) is 0 Å². The van der Waals surface area contributed by atoms with Gasteiger partial charge in [-0.25, -0.2) is 0 Å². The van der Waals surface area contributed by atoms with Gasteiger partial charge in [0.05, 0.1) is 0 Å². The molecule has 0 atom stereocenters. The number of hydrogen-bond acceptors (Lipinski definition) is 1. The minimum Gasteiger partial charge on any atom is -0.318 e. The van der Waals surface area contributed by atoms with Crippen LogP contribution in [0.4, 0.5) is 0 Å². The molecule has 0 aliphatic heterocycles. The van der Waals surface area contributed by atoms with Crippen molar-refractivity contribution in [3.05, 3.63) is 45.9 Å². The van der Waals surface area contributed by atoms with Crippen molar-refractivity contribution in [3.63, 3.8) is 0 Å². The first-order chi connectivity index (χ1) is 7.63. The van der Waals surface area contributed by atoms with Gasteiger partial charge in [0.15, 0.2) is 0 Å². The third-order valence-corrected chi connectivity index (χ3v) is 2.94. The van der Waals surface area contributed by atoms with Crippen molar-refractivity contribution >= 4 is 10.8 Å². The summed E-state index contributed by atoms with van der Waals surface area (Å²) in [5.74, 6) is 0. The number of pyridine rings is 1. The second-order valence-corrected chi connectivity index (χ2v) is 4.37. The van der Waals surface area contributed by atoms with Gasteiger partial charge in [0.25, 0.3) is 5.56 Å². The molecule has 0 radical (unpaired) electrons. The second-order valence-electron chi connectivity index (χ2n) is 4.37. The number of nitrogens with zero attached hydrogens (tertiary/aromatic N) is 1. The number of hydrogen-bond donors (Lipinski definition) is 0. The smallest absolute Gasteiger partial charge is 0.258 e. The van der Waals surface area contributed by atoms with Crippen molar-refractivity contribution in [2.75, 3.05) is 0 Å². The molecule has 2 aromatic rings. The van der Waals surface area contributed by atoms with Crippen LogP contribution in [0.25, 0.3) is 10.8 Å². The fourth-order valence-electron chi connectivity index (χ4n) is 2.17. The van der Waals surface area contributed by atoms with Crippen molar-refractivity contribution in [1.82, 2.24) is 4.57 Å². The highest BCUT2D eigenvalue weighted by atomic mass is 16.1. The van der Waals surface area contributed by atoms with Gasteiger partial charge in [0.1, 0.15) is 0 Å². The Morgan fingerprint density at radius 1 is 1.25 bits per heavy atom. The van der Waals surface area contributed by atoms with Crippen molar-refractivity contribution in [3.8, 4) is 0 Å². The van der Waals surface area contributed by atoms with Gasteiger partial charge in [-0.3, -0.25) is 4.79 Å². The molecule has 0 unspecified atom stereocenters. The average Bonchev–Trinajstić information content (AvgIpc) is 2.24. The SMILES string of the molecule is CCCc1cc(C)cc2c(=O)n(C)ccc12. The van der Waals surface area contributed by atoms with E-state index in [-0.39, 0.29) is 5.56 Å². The molecule has 16 heavy (non-hydrogen) atoms. The summed E-state index contributed by atoms with van der Waals surface area (Å²) in [6.07, 6.45) is 3.98. The van der Waals surface area contributed by atoms with Crippen LogP contribution in [0.1, 0.15) is 24.5 Å². The largest absolute Gasteiger partial charge is 0.318 e. The monoisotopic (exact) mass is 215 g/mol. The quantitative estimate of drug-likeness (QED) is 0.755. The molecule has 1 aromatic heterocycles. The lowest BCUT2D eigenvalue weighted by Crippen LogP contribution is -2.16. The summed E-state index contributed by atoms with van der Waals surface area (Å²) < 4.78 is 1.64. The van der Waals surface area contributed by atoms with Gasteiger partial charge in [0, 0.05) is 18.6 Å². The zero-order valence-corrected chi connectivity index (χ0v) is 10.1. The molecular weight excluding hydrogens is 198 g/mol. The first-order valence-corrected chi connectivity index (χ1v) is 5.72. The molecule has 1 aromatic carbocycles. The normalized spacial score (nSPS) is 10.9. The minimum absolute atomic E-state index is 0.0959. The van der Waals surface area contributed by atoms with Crippen LogP contribution in [0.2, 0.25) is 0 Å². The first-order valence-electron chi connectivity index (χ1n) is 5.72. The maximum atomic E-state index is 12.0. The molecule has 2 nitrogen and oxygen atoms in total. The Morgan fingerprint density at radius 3 is 2.69 bits per heavy atom. The fraction of sp³-hybridized carbons (Fsp3) is 0.357. The van der Waals surface area contributed by atoms with E-state index >= 15 is 0 Å². The number of fused-ring (bicyclic) bond motifs is 1. The van der Waals surface area contributed by atoms with E-state index in [0.717, 1.165) is 23.6 Å². The van der Waals surface area contributed by atoms with Crippen LogP contribution in [0.3, 0.4) is 0 Å². The summed E-state index contributed by atoms with van der Waals surface area (Å²) in [4.78, 5) is 12.0. The molecule has 0 spiro atoms. The topological polar surface area (TPSA) is 22.0 Å². The Hall–Kier alpha value is -1.57. The molecule has 0 saturated heterocycles. The predicted octanol–water partition coefficient (Wildman–Crippen LogP) is 2.80. The van der Waals surface area contributed by atoms with Gasteiger partial charge in [0.2, 0.25) is 0 Å². The Kier molecular flexibility index (Phi) is 2.82. The molecule has 0 aliphatic rings. The van der Waals surface area contributed by atoms with E-state index in [2.05, 4.69) is 13.0 Å². The number of benzene rings is 1. The molecule has 84 valence electrons. The van der Waals surface area contributed by atoms with E-state index in [1.807, 2.05) is 25.3 Å². The van der Waals surface area contributed by atoms with Crippen LogP contribution in [0.15, 0.2) is 29.2 Å². The lowest BCUT2D eigenvalue weighted by atomic mass is 10.00. The molecule has 1 heterocycles. The molecule has 0 saturated carbocycles. The van der Waals surface area contributed by atoms with Crippen molar-refractivity contribution in [1.29, 1.82) is 0 Å². The standard InChI is InChI=1S/C14H17NO/c1-4-5-11-8-10(2)9-13-12(11)6-7-15(3)14(13)16/h6-9H,4-5H2,1-3H3. The van der Waals surface area contributed by atoms with Crippen LogP contribution in [-0.2, 0) is 13.5 Å². The third kappa shape index (κ3) is 1.75. The van der Waals surface area contributed by atoms with E-state index in [1.165, 1.54) is 11.1 Å². The summed E-state index contributed by atoms with van der Waals surface area (Å²) in [5.41, 5.74) is 2.55. The Morgan fingerprint density at radius 2 is 2.00 bits per heavy atom. The lowest BCUT2D eigenvalue weighted by molar-refractivity contribution is 0.870. The first kappa shape index (κ1) is 10.9. The molecule has 0 fully saturated rings. The number of rotatable bonds is 2. The second kappa shape index (κ2) is 4.12. The van der Waals surface area contributed by atoms with Gasteiger partial charge in [-0.05, 0) is 36.4 Å². The minimum atomic E-state index is 0.0959. The van der Waals surface area contributed by atoms with E-state index < -0.39 is 0 Å². The van der Waals surface area contributed by atoms with Crippen molar-refractivity contribution < 1.29 is 0 Å². The van der Waals surface area contributed by atoms with Crippen LogP contribution in [-0.4, -0.2) is 4.57 Å². The van der Waals surface area contributed by atoms with Gasteiger partial charge in [-0.1, -0.05) is 25.0 Å². The van der Waals surface area contributed by atoms with E-state index in [9.17, 15) is 4.79 Å². The van der Waals surface area contributed by atoms with Crippen LogP contribution in [0.5, 0.6) is 0 Å². The highest BCUT2D eigenvalue weighted by molar-refractivity contribution is 5.85. The zero-order chi connectivity index (χ0) is 11.7. The van der Waals surface area contributed by atoms with Gasteiger partial charge in [-0.15, -0.1) is 0 Å². The van der Waals surface area contributed by atoms with E-state index in [4.69, 9.17) is 0 Å². The van der Waals surface area contributed by atoms with Crippen LogP contribution >= 0.6 is 0 Å². The average molecular weight is 215 g/mol. The summed E-state index contributed by atoms with van der Waals surface area (Å²) in [5, 5.41) is 1.95. The maximum absolute atomic E-state index is 12.0. The van der Waals surface area contributed by atoms with Gasteiger partial charge >= 0.3 is 0 Å². The number of aromatic nitrogens is 1. The molecular formula is C14H17NO.